The molecule has 0 spiro atoms. The molecule has 142 valence electrons. The predicted octanol–water partition coefficient (Wildman–Crippen LogP) is 4.13. The van der Waals surface area contributed by atoms with Gasteiger partial charge in [-0.15, -0.1) is 0 Å². The molecule has 0 aliphatic heterocycles. The van der Waals surface area contributed by atoms with Crippen LogP contribution in [0.15, 0.2) is 66.7 Å². The van der Waals surface area contributed by atoms with E-state index >= 15 is 0 Å². The van der Waals surface area contributed by atoms with Gasteiger partial charge >= 0.3 is 0 Å². The van der Waals surface area contributed by atoms with Gasteiger partial charge in [0.25, 0.3) is 11.8 Å². The number of hydrogen-bond donors (Lipinski definition) is 2. The minimum absolute atomic E-state index is 0.197. The summed E-state index contributed by atoms with van der Waals surface area (Å²) >= 11 is 0. The molecule has 0 saturated carbocycles. The second-order valence-corrected chi connectivity index (χ2v) is 6.58. The lowest BCUT2D eigenvalue weighted by atomic mass is 10.1. The Morgan fingerprint density at radius 2 is 1.43 bits per heavy atom. The molecule has 3 rings (SSSR count). The fourth-order valence-electron chi connectivity index (χ4n) is 2.69. The number of carbonyl (C=O) groups is 2. The van der Waals surface area contributed by atoms with Crippen LogP contribution in [-0.2, 0) is 13.0 Å². The third kappa shape index (κ3) is 5.04. The number of nitrogens with zero attached hydrogens (tertiary/aromatic N) is 1. The van der Waals surface area contributed by atoms with Crippen LogP contribution in [-0.4, -0.2) is 16.8 Å². The second kappa shape index (κ2) is 8.95. The molecular formula is C23H23N3O2. The van der Waals surface area contributed by atoms with Crippen molar-refractivity contribution in [1.29, 1.82) is 0 Å². The van der Waals surface area contributed by atoms with Crippen LogP contribution in [0.1, 0.15) is 44.6 Å². The van der Waals surface area contributed by atoms with Crippen molar-refractivity contribution < 1.29 is 9.59 Å². The average Bonchev–Trinajstić information content (AvgIpc) is 2.73. The topological polar surface area (TPSA) is 71.1 Å². The molecule has 0 radical (unpaired) electrons. The summed E-state index contributed by atoms with van der Waals surface area (Å²) in [5, 5.41) is 5.64. The SMILES string of the molecule is CCc1ccc(NC(=O)c2cccc(C(=O)NCc3ccc(C)cc3)n2)cc1. The van der Waals surface area contributed by atoms with Crippen molar-refractivity contribution in [3.8, 4) is 0 Å². The minimum atomic E-state index is -0.350. The molecule has 0 fully saturated rings. The monoisotopic (exact) mass is 373 g/mol. The van der Waals surface area contributed by atoms with Crippen molar-refractivity contribution in [2.45, 2.75) is 26.8 Å². The summed E-state index contributed by atoms with van der Waals surface area (Å²) in [6, 6.07) is 20.4. The lowest BCUT2D eigenvalue weighted by Gasteiger charge is -2.08. The maximum Gasteiger partial charge on any atom is 0.274 e. The Hall–Kier alpha value is -3.47. The normalized spacial score (nSPS) is 10.4. The Bertz CT molecular complexity index is 964. The zero-order chi connectivity index (χ0) is 19.9. The molecule has 1 aromatic heterocycles. The van der Waals surface area contributed by atoms with Crippen LogP contribution >= 0.6 is 0 Å². The number of nitrogens with one attached hydrogen (secondary N) is 2. The van der Waals surface area contributed by atoms with Crippen LogP contribution in [0.3, 0.4) is 0 Å². The standard InChI is InChI=1S/C23H23N3O2/c1-3-17-11-13-19(14-12-17)25-23(28)21-6-4-5-20(26-21)22(27)24-15-18-9-7-16(2)8-10-18/h4-14H,3,15H2,1-2H3,(H,24,27)(H,25,28). The number of hydrogen-bond acceptors (Lipinski definition) is 3. The molecule has 3 aromatic rings. The molecule has 28 heavy (non-hydrogen) atoms. The van der Waals surface area contributed by atoms with E-state index in [0.717, 1.165) is 12.0 Å². The quantitative estimate of drug-likeness (QED) is 0.682. The molecule has 0 aliphatic rings. The maximum atomic E-state index is 12.4. The predicted molar refractivity (Wildman–Crippen MR) is 110 cm³/mol. The zero-order valence-corrected chi connectivity index (χ0v) is 16.0. The minimum Gasteiger partial charge on any atom is -0.347 e. The van der Waals surface area contributed by atoms with Crippen LogP contribution in [0.5, 0.6) is 0 Å². The van der Waals surface area contributed by atoms with Gasteiger partial charge in [0.1, 0.15) is 11.4 Å². The highest BCUT2D eigenvalue weighted by Gasteiger charge is 2.12. The van der Waals surface area contributed by atoms with Crippen LogP contribution in [0, 0.1) is 6.92 Å². The summed E-state index contributed by atoms with van der Waals surface area (Å²) < 4.78 is 0. The largest absolute Gasteiger partial charge is 0.347 e. The molecule has 0 aliphatic carbocycles. The van der Waals surface area contributed by atoms with Crippen molar-refractivity contribution in [2.75, 3.05) is 5.32 Å². The highest BCUT2D eigenvalue weighted by atomic mass is 16.2. The van der Waals surface area contributed by atoms with Gasteiger partial charge in [0.2, 0.25) is 0 Å². The Labute approximate surface area is 164 Å². The van der Waals surface area contributed by atoms with Crippen LogP contribution < -0.4 is 10.6 Å². The van der Waals surface area contributed by atoms with E-state index in [-0.39, 0.29) is 23.2 Å². The molecule has 2 amide bonds. The lowest BCUT2D eigenvalue weighted by molar-refractivity contribution is 0.0945. The molecule has 1 heterocycles. The number of anilines is 1. The first-order valence-electron chi connectivity index (χ1n) is 9.26. The van der Waals surface area contributed by atoms with Gasteiger partial charge in [-0.25, -0.2) is 4.98 Å². The summed E-state index contributed by atoms with van der Waals surface area (Å²) in [4.78, 5) is 29.0. The second-order valence-electron chi connectivity index (χ2n) is 6.58. The molecule has 0 atom stereocenters. The summed E-state index contributed by atoms with van der Waals surface area (Å²) in [6.45, 7) is 4.49. The van der Waals surface area contributed by atoms with E-state index in [1.807, 2.05) is 55.5 Å². The van der Waals surface area contributed by atoms with Gasteiger partial charge in [-0.2, -0.15) is 0 Å². The summed E-state index contributed by atoms with van der Waals surface area (Å²) in [7, 11) is 0. The average molecular weight is 373 g/mol. The van der Waals surface area contributed by atoms with E-state index < -0.39 is 0 Å². The molecule has 5 nitrogen and oxygen atoms in total. The number of amides is 2. The number of pyridine rings is 1. The Balaban J connectivity index is 1.64. The molecular weight excluding hydrogens is 350 g/mol. The first-order chi connectivity index (χ1) is 13.5. The van der Waals surface area contributed by atoms with Gasteiger partial charge < -0.3 is 10.6 Å². The van der Waals surface area contributed by atoms with Gasteiger partial charge in [-0.3, -0.25) is 9.59 Å². The fourth-order valence-corrected chi connectivity index (χ4v) is 2.69. The Kier molecular flexibility index (Phi) is 6.17. The van der Waals surface area contributed by atoms with Gasteiger partial charge in [0.15, 0.2) is 0 Å². The summed E-state index contributed by atoms with van der Waals surface area (Å²) in [6.07, 6.45) is 0.940. The van der Waals surface area contributed by atoms with Gasteiger partial charge in [0, 0.05) is 12.2 Å². The van der Waals surface area contributed by atoms with Gasteiger partial charge in [-0.1, -0.05) is 55.0 Å². The summed E-state index contributed by atoms with van der Waals surface area (Å²) in [5.74, 6) is -0.667. The van der Waals surface area contributed by atoms with Crippen molar-refractivity contribution in [3.05, 3.63) is 94.8 Å². The smallest absolute Gasteiger partial charge is 0.274 e. The van der Waals surface area contributed by atoms with Crippen molar-refractivity contribution in [3.63, 3.8) is 0 Å². The zero-order valence-electron chi connectivity index (χ0n) is 16.0. The van der Waals surface area contributed by atoms with Crippen molar-refractivity contribution in [1.82, 2.24) is 10.3 Å². The van der Waals surface area contributed by atoms with E-state index in [1.54, 1.807) is 18.2 Å². The Morgan fingerprint density at radius 1 is 0.821 bits per heavy atom. The number of carbonyl (C=O) groups excluding carboxylic acids is 2. The molecule has 0 unspecified atom stereocenters. The number of aryl methyl sites for hydroxylation is 2. The highest BCUT2D eigenvalue weighted by Crippen LogP contribution is 2.12. The van der Waals surface area contributed by atoms with Gasteiger partial charge in [-0.05, 0) is 48.7 Å². The van der Waals surface area contributed by atoms with Crippen LogP contribution in [0.2, 0.25) is 0 Å². The summed E-state index contributed by atoms with van der Waals surface area (Å²) in [5.41, 5.74) is 4.47. The first kappa shape index (κ1) is 19.3. The molecule has 5 heteroatoms. The number of aromatic nitrogens is 1. The van der Waals surface area contributed by atoms with Crippen molar-refractivity contribution in [2.24, 2.45) is 0 Å². The van der Waals surface area contributed by atoms with Crippen molar-refractivity contribution >= 4 is 17.5 Å². The third-order valence-corrected chi connectivity index (χ3v) is 4.41. The van der Waals surface area contributed by atoms with E-state index in [4.69, 9.17) is 0 Å². The van der Waals surface area contributed by atoms with Crippen LogP contribution in [0.4, 0.5) is 5.69 Å². The maximum absolute atomic E-state index is 12.4. The molecule has 2 aromatic carbocycles. The molecule has 0 saturated heterocycles. The van der Waals surface area contributed by atoms with Crippen LogP contribution in [0.25, 0.3) is 0 Å². The lowest BCUT2D eigenvalue weighted by Crippen LogP contribution is -2.25. The fraction of sp³-hybridized carbons (Fsp3) is 0.174. The van der Waals surface area contributed by atoms with E-state index in [2.05, 4.69) is 22.5 Å². The van der Waals surface area contributed by atoms with E-state index in [1.165, 1.54) is 11.1 Å². The molecule has 0 bridgehead atoms. The number of benzene rings is 2. The van der Waals surface area contributed by atoms with Gasteiger partial charge in [0.05, 0.1) is 0 Å². The molecule has 2 N–H and O–H groups in total. The number of rotatable bonds is 6. The highest BCUT2D eigenvalue weighted by molar-refractivity contribution is 6.03. The Morgan fingerprint density at radius 3 is 2.07 bits per heavy atom. The van der Waals surface area contributed by atoms with E-state index in [9.17, 15) is 9.59 Å². The first-order valence-corrected chi connectivity index (χ1v) is 9.26. The van der Waals surface area contributed by atoms with E-state index in [0.29, 0.717) is 12.2 Å². The third-order valence-electron chi connectivity index (χ3n) is 4.41.